The topological polar surface area (TPSA) is 133 Å². The first kappa shape index (κ1) is 14.5. The van der Waals surface area contributed by atoms with Crippen LogP contribution in [0.4, 0.5) is 0 Å². The Morgan fingerprint density at radius 2 is 1.74 bits per heavy atom. The highest BCUT2D eigenvalue weighted by molar-refractivity contribution is 5.74. The van der Waals surface area contributed by atoms with Crippen molar-refractivity contribution >= 4 is 5.97 Å². The molecule has 102 valence electrons. The summed E-state index contributed by atoms with van der Waals surface area (Å²) in [7, 11) is 0. The number of ether oxygens (including phenoxy) is 1. The molecule has 0 heterocycles. The molecule has 0 fully saturated rings. The molecule has 0 saturated heterocycles. The Morgan fingerprint density at radius 1 is 1.26 bits per heavy atom. The summed E-state index contributed by atoms with van der Waals surface area (Å²) in [5.74, 6) is -4.73. The van der Waals surface area contributed by atoms with Crippen LogP contribution in [0.5, 0.6) is 0 Å². The number of hydrogen-bond donors (Lipinski definition) is 1. The summed E-state index contributed by atoms with van der Waals surface area (Å²) in [6.45, 7) is 0.984. The van der Waals surface area contributed by atoms with Crippen molar-refractivity contribution in [1.29, 1.82) is 0 Å². The second kappa shape index (κ2) is 5.40. The minimum atomic E-state index is -3.27. The van der Waals surface area contributed by atoms with Gasteiger partial charge in [-0.2, -0.15) is 0 Å². The average molecular weight is 270 g/mol. The summed E-state index contributed by atoms with van der Waals surface area (Å²) in [6, 6.07) is 6.31. The number of rotatable bonds is 5. The first-order chi connectivity index (χ1) is 8.82. The first-order valence-electron chi connectivity index (χ1n) is 5.07. The quantitative estimate of drug-likeness (QED) is 0.351. The van der Waals surface area contributed by atoms with Crippen LogP contribution in [0, 0.1) is 20.2 Å². The first-order valence-corrected chi connectivity index (χ1v) is 5.07. The van der Waals surface area contributed by atoms with E-state index >= 15 is 0 Å². The smallest absolute Gasteiger partial charge is 0.382 e. The second-order valence-corrected chi connectivity index (χ2v) is 3.59. The van der Waals surface area contributed by atoms with E-state index in [4.69, 9.17) is 5.11 Å². The Kier molecular flexibility index (Phi) is 4.12. The molecule has 0 amide bonds. The Bertz CT molecular complexity index is 486. The van der Waals surface area contributed by atoms with Gasteiger partial charge in [-0.1, -0.05) is 18.2 Å². The fourth-order valence-corrected chi connectivity index (χ4v) is 1.29. The molecule has 9 heteroatoms. The van der Waals surface area contributed by atoms with Gasteiger partial charge in [0.15, 0.2) is 5.56 Å². The van der Waals surface area contributed by atoms with Crippen molar-refractivity contribution in [3.05, 3.63) is 56.1 Å². The number of nitrogens with zero attached hydrogens (tertiary/aromatic N) is 2. The molecule has 0 spiro atoms. The van der Waals surface area contributed by atoms with Gasteiger partial charge in [-0.3, -0.25) is 20.2 Å². The van der Waals surface area contributed by atoms with Gasteiger partial charge in [-0.25, -0.2) is 4.79 Å². The van der Waals surface area contributed by atoms with E-state index in [1.807, 2.05) is 0 Å². The van der Waals surface area contributed by atoms with Crippen LogP contribution in [0.3, 0.4) is 0 Å². The molecule has 1 N–H and O–H groups in total. The number of hydrogen-bond acceptors (Lipinski definition) is 7. The SMILES string of the molecule is CC(O)C(=O)OC(c1ccccc1)([N+](=O)[O-])[N+](=O)[O-]. The number of benzene rings is 1. The van der Waals surface area contributed by atoms with E-state index in [1.165, 1.54) is 18.2 Å². The number of aliphatic hydroxyl groups excluding tert-OH is 1. The monoisotopic (exact) mass is 270 g/mol. The van der Waals surface area contributed by atoms with E-state index in [9.17, 15) is 25.0 Å². The number of esters is 1. The van der Waals surface area contributed by atoms with Crippen molar-refractivity contribution < 1.29 is 24.5 Å². The molecule has 1 unspecified atom stereocenters. The van der Waals surface area contributed by atoms with Crippen molar-refractivity contribution in [3.63, 3.8) is 0 Å². The molecular weight excluding hydrogens is 260 g/mol. The summed E-state index contributed by atoms with van der Waals surface area (Å²) >= 11 is 0. The van der Waals surface area contributed by atoms with Gasteiger partial charge in [0.05, 0.1) is 0 Å². The summed E-state index contributed by atoms with van der Waals surface area (Å²) in [5, 5.41) is 31.0. The number of aliphatic hydroxyl groups is 1. The maximum absolute atomic E-state index is 11.3. The second-order valence-electron chi connectivity index (χ2n) is 3.59. The highest BCUT2D eigenvalue weighted by atomic mass is 16.8. The lowest BCUT2D eigenvalue weighted by Gasteiger charge is -2.17. The highest BCUT2D eigenvalue weighted by Crippen LogP contribution is 2.27. The highest BCUT2D eigenvalue weighted by Gasteiger charge is 2.63. The van der Waals surface area contributed by atoms with Crippen LogP contribution < -0.4 is 0 Å². The summed E-state index contributed by atoms with van der Waals surface area (Å²) in [5.41, 5.74) is -0.431. The van der Waals surface area contributed by atoms with Gasteiger partial charge >= 0.3 is 11.8 Å². The van der Waals surface area contributed by atoms with Gasteiger partial charge in [0.2, 0.25) is 0 Å². The fraction of sp³-hybridized carbons (Fsp3) is 0.300. The van der Waals surface area contributed by atoms with Crippen molar-refractivity contribution in [1.82, 2.24) is 0 Å². The number of nitro groups is 2. The molecule has 1 rings (SSSR count). The lowest BCUT2D eigenvalue weighted by molar-refractivity contribution is -0.858. The lowest BCUT2D eigenvalue weighted by atomic mass is 10.1. The molecule has 0 bridgehead atoms. The Morgan fingerprint density at radius 3 is 2.11 bits per heavy atom. The third-order valence-corrected chi connectivity index (χ3v) is 2.23. The lowest BCUT2D eigenvalue weighted by Crippen LogP contribution is -2.48. The molecule has 1 aromatic carbocycles. The van der Waals surface area contributed by atoms with Crippen LogP contribution in [0.1, 0.15) is 12.5 Å². The third kappa shape index (κ3) is 2.65. The van der Waals surface area contributed by atoms with Crippen LogP contribution >= 0.6 is 0 Å². The summed E-state index contributed by atoms with van der Waals surface area (Å²) < 4.78 is 4.32. The molecule has 1 atom stereocenters. The minimum absolute atomic E-state index is 0.431. The normalized spacial score (nSPS) is 12.5. The zero-order valence-corrected chi connectivity index (χ0v) is 9.76. The Labute approximate surface area is 106 Å². The molecule has 9 nitrogen and oxygen atoms in total. The van der Waals surface area contributed by atoms with E-state index in [1.54, 1.807) is 0 Å². The number of carbonyl (C=O) groups excluding carboxylic acids is 1. The van der Waals surface area contributed by atoms with Gasteiger partial charge in [0.25, 0.3) is 0 Å². The fourth-order valence-electron chi connectivity index (χ4n) is 1.29. The molecule has 0 aliphatic carbocycles. The van der Waals surface area contributed by atoms with Gasteiger partial charge in [-0.05, 0) is 19.1 Å². The number of carbonyl (C=O) groups is 1. The van der Waals surface area contributed by atoms with Gasteiger partial charge in [0.1, 0.15) is 16.0 Å². The van der Waals surface area contributed by atoms with E-state index in [0.717, 1.165) is 19.1 Å². The summed E-state index contributed by atoms with van der Waals surface area (Å²) in [4.78, 5) is 30.7. The zero-order chi connectivity index (χ0) is 14.6. The standard InChI is InChI=1S/C10H10N2O7/c1-7(13)9(14)19-10(11(15)16,12(17)18)8-5-3-2-4-6-8/h2-7,13H,1H3. The molecule has 0 aliphatic rings. The predicted molar refractivity (Wildman–Crippen MR) is 59.9 cm³/mol. The van der Waals surface area contributed by atoms with Gasteiger partial charge < -0.3 is 9.84 Å². The van der Waals surface area contributed by atoms with E-state index < -0.39 is 33.3 Å². The van der Waals surface area contributed by atoms with Crippen LogP contribution in [-0.2, 0) is 15.4 Å². The molecule has 0 saturated carbocycles. The van der Waals surface area contributed by atoms with Crippen molar-refractivity contribution in [2.75, 3.05) is 0 Å². The van der Waals surface area contributed by atoms with Crippen molar-refractivity contribution in [2.45, 2.75) is 18.9 Å². The Hall–Kier alpha value is -2.55. The van der Waals surface area contributed by atoms with Crippen LogP contribution in [-0.4, -0.2) is 27.0 Å². The molecule has 19 heavy (non-hydrogen) atoms. The average Bonchev–Trinajstić information content (AvgIpc) is 2.35. The maximum Gasteiger partial charge on any atom is 0.651 e. The minimum Gasteiger partial charge on any atom is -0.382 e. The van der Waals surface area contributed by atoms with Crippen LogP contribution in [0.15, 0.2) is 30.3 Å². The molecule has 0 aliphatic heterocycles. The van der Waals surface area contributed by atoms with Gasteiger partial charge in [0, 0.05) is 0 Å². The van der Waals surface area contributed by atoms with E-state index in [2.05, 4.69) is 4.74 Å². The van der Waals surface area contributed by atoms with Crippen molar-refractivity contribution in [2.24, 2.45) is 0 Å². The maximum atomic E-state index is 11.3. The molecule has 0 radical (unpaired) electrons. The largest absolute Gasteiger partial charge is 0.651 e. The van der Waals surface area contributed by atoms with E-state index in [0.29, 0.717) is 0 Å². The van der Waals surface area contributed by atoms with Crippen LogP contribution in [0.2, 0.25) is 0 Å². The molecule has 1 aromatic rings. The molecule has 0 aromatic heterocycles. The zero-order valence-electron chi connectivity index (χ0n) is 9.76. The van der Waals surface area contributed by atoms with Crippen LogP contribution in [0.25, 0.3) is 0 Å². The third-order valence-electron chi connectivity index (χ3n) is 2.23. The Balaban J connectivity index is 3.36. The summed E-state index contributed by atoms with van der Waals surface area (Å²) in [6.07, 6.45) is -1.72. The van der Waals surface area contributed by atoms with E-state index in [-0.39, 0.29) is 0 Å². The van der Waals surface area contributed by atoms with Crippen molar-refractivity contribution in [3.8, 4) is 0 Å². The van der Waals surface area contributed by atoms with Gasteiger partial charge in [-0.15, -0.1) is 0 Å². The predicted octanol–water partition coefficient (Wildman–Crippen LogP) is 0.274. The molecular formula is C10H10N2O7.